The van der Waals surface area contributed by atoms with Crippen molar-refractivity contribution < 1.29 is 22.7 Å². The van der Waals surface area contributed by atoms with Gasteiger partial charge in [-0.05, 0) is 50.5 Å². The van der Waals surface area contributed by atoms with Crippen molar-refractivity contribution in [2.75, 3.05) is 33.9 Å². The molecule has 1 amide bonds. The van der Waals surface area contributed by atoms with E-state index in [0.717, 1.165) is 5.56 Å². The van der Waals surface area contributed by atoms with Crippen LogP contribution in [0.25, 0.3) is 0 Å². The number of piperidine rings is 1. The average Bonchev–Trinajstić information content (AvgIpc) is 2.61. The number of methoxy groups -OCH3 is 2. The van der Waals surface area contributed by atoms with Gasteiger partial charge in [-0.25, -0.2) is 8.42 Å². The Hall–Kier alpha value is -1.64. The summed E-state index contributed by atoms with van der Waals surface area (Å²) in [5.41, 5.74) is 0.773. The molecule has 1 fully saturated rings. The predicted molar refractivity (Wildman–Crippen MR) is 98.7 cm³/mol. The molecule has 8 heteroatoms. The summed E-state index contributed by atoms with van der Waals surface area (Å²) in [5, 5.41) is 2.91. The lowest BCUT2D eigenvalue weighted by molar-refractivity contribution is -0.127. The van der Waals surface area contributed by atoms with E-state index in [0.29, 0.717) is 38.3 Å². The summed E-state index contributed by atoms with van der Waals surface area (Å²) < 4.78 is 37.4. The Bertz CT molecular complexity index is 727. The van der Waals surface area contributed by atoms with Gasteiger partial charge in [-0.15, -0.1) is 0 Å². The minimum absolute atomic E-state index is 0.0353. The van der Waals surface area contributed by atoms with E-state index in [-0.39, 0.29) is 22.8 Å². The fourth-order valence-corrected chi connectivity index (χ4v) is 4.73. The third-order valence-corrected chi connectivity index (χ3v) is 6.53. The van der Waals surface area contributed by atoms with Gasteiger partial charge in [0.25, 0.3) is 0 Å². The molecular formula is C18H28N2O5S. The molecule has 1 N–H and O–H groups in total. The van der Waals surface area contributed by atoms with Gasteiger partial charge < -0.3 is 14.8 Å². The van der Waals surface area contributed by atoms with Gasteiger partial charge in [0.2, 0.25) is 15.9 Å². The highest BCUT2D eigenvalue weighted by Gasteiger charge is 2.32. The molecule has 1 aliphatic rings. The molecular weight excluding hydrogens is 356 g/mol. The van der Waals surface area contributed by atoms with Crippen molar-refractivity contribution in [3.63, 3.8) is 0 Å². The minimum Gasteiger partial charge on any atom is -0.496 e. The maximum Gasteiger partial charge on any atom is 0.243 e. The Morgan fingerprint density at radius 1 is 1.31 bits per heavy atom. The van der Waals surface area contributed by atoms with Gasteiger partial charge in [-0.1, -0.05) is 0 Å². The van der Waals surface area contributed by atoms with E-state index in [1.54, 1.807) is 32.4 Å². The van der Waals surface area contributed by atoms with Gasteiger partial charge in [-0.3, -0.25) is 4.79 Å². The zero-order chi connectivity index (χ0) is 19.3. The molecule has 1 aromatic carbocycles. The van der Waals surface area contributed by atoms with Crippen molar-refractivity contribution in [3.8, 4) is 5.75 Å². The van der Waals surface area contributed by atoms with Crippen LogP contribution in [0.1, 0.15) is 25.3 Å². The van der Waals surface area contributed by atoms with Crippen LogP contribution >= 0.6 is 0 Å². The third kappa shape index (κ3) is 4.75. The summed E-state index contributed by atoms with van der Waals surface area (Å²) in [7, 11) is -0.419. The largest absolute Gasteiger partial charge is 0.496 e. The van der Waals surface area contributed by atoms with Gasteiger partial charge in [-0.2, -0.15) is 4.31 Å². The first-order chi connectivity index (χ1) is 12.3. The number of aryl methyl sites for hydroxylation is 1. The number of benzene rings is 1. The van der Waals surface area contributed by atoms with E-state index in [2.05, 4.69) is 5.32 Å². The lowest BCUT2D eigenvalue weighted by atomic mass is 9.97. The average molecular weight is 384 g/mol. The number of hydrogen-bond acceptors (Lipinski definition) is 5. The van der Waals surface area contributed by atoms with Crippen molar-refractivity contribution in [2.24, 2.45) is 5.92 Å². The van der Waals surface area contributed by atoms with Gasteiger partial charge in [0.05, 0.1) is 18.6 Å². The number of rotatable bonds is 7. The molecule has 1 atom stereocenters. The second-order valence-corrected chi connectivity index (χ2v) is 8.61. The molecule has 0 saturated carbocycles. The van der Waals surface area contributed by atoms with Crippen molar-refractivity contribution in [1.82, 2.24) is 9.62 Å². The van der Waals surface area contributed by atoms with Crippen LogP contribution in [-0.4, -0.2) is 58.6 Å². The van der Waals surface area contributed by atoms with E-state index in [9.17, 15) is 13.2 Å². The van der Waals surface area contributed by atoms with Crippen LogP contribution in [0.2, 0.25) is 0 Å². The first-order valence-corrected chi connectivity index (χ1v) is 10.2. The highest BCUT2D eigenvalue weighted by Crippen LogP contribution is 2.27. The number of nitrogens with zero attached hydrogens (tertiary/aromatic N) is 1. The standard InChI is InChI=1S/C18H28N2O5S/c1-13-11-16(5-6-17(13)25-4)26(22,23)20-9-7-15(8-10-20)18(21)19-14(2)12-24-3/h5-6,11,14-15H,7-10,12H2,1-4H3,(H,19,21)/t14-/m0/s1. The quantitative estimate of drug-likeness (QED) is 0.771. The van der Waals surface area contributed by atoms with E-state index < -0.39 is 10.0 Å². The van der Waals surface area contributed by atoms with Crippen molar-refractivity contribution in [2.45, 2.75) is 37.6 Å². The number of hydrogen-bond donors (Lipinski definition) is 1. The predicted octanol–water partition coefficient (Wildman–Crippen LogP) is 1.56. The number of carbonyl (C=O) groups excluding carboxylic acids is 1. The molecule has 146 valence electrons. The van der Waals surface area contributed by atoms with Gasteiger partial charge in [0.15, 0.2) is 0 Å². The summed E-state index contributed by atoms with van der Waals surface area (Å²) in [6.07, 6.45) is 1.03. The molecule has 1 aliphatic heterocycles. The van der Waals surface area contributed by atoms with Crippen LogP contribution in [0.5, 0.6) is 5.75 Å². The molecule has 0 bridgehead atoms. The highest BCUT2D eigenvalue weighted by molar-refractivity contribution is 7.89. The maximum absolute atomic E-state index is 12.8. The van der Waals surface area contributed by atoms with Crippen LogP contribution in [0.15, 0.2) is 23.1 Å². The van der Waals surface area contributed by atoms with Gasteiger partial charge in [0.1, 0.15) is 5.75 Å². The molecule has 0 aromatic heterocycles. The molecule has 0 spiro atoms. The van der Waals surface area contributed by atoms with E-state index in [1.807, 2.05) is 13.8 Å². The highest BCUT2D eigenvalue weighted by atomic mass is 32.2. The van der Waals surface area contributed by atoms with E-state index in [1.165, 1.54) is 4.31 Å². The molecule has 1 heterocycles. The topological polar surface area (TPSA) is 84.9 Å². The summed E-state index contributed by atoms with van der Waals surface area (Å²) in [4.78, 5) is 12.5. The first kappa shape index (κ1) is 20.7. The Kier molecular flexibility index (Phi) is 7.02. The lowest BCUT2D eigenvalue weighted by Gasteiger charge is -2.31. The molecule has 0 unspecified atom stereocenters. The zero-order valence-corrected chi connectivity index (χ0v) is 16.6. The Morgan fingerprint density at radius 2 is 1.96 bits per heavy atom. The summed E-state index contributed by atoms with van der Waals surface area (Å²) in [6, 6.07) is 4.79. The molecule has 0 aliphatic carbocycles. The van der Waals surface area contributed by atoms with E-state index in [4.69, 9.17) is 9.47 Å². The SMILES string of the molecule is COC[C@H](C)NC(=O)C1CCN(S(=O)(=O)c2ccc(OC)c(C)c2)CC1. The Balaban J connectivity index is 2.00. The normalized spacial score (nSPS) is 17.7. The molecule has 0 radical (unpaired) electrons. The molecule has 1 saturated heterocycles. The molecule has 7 nitrogen and oxygen atoms in total. The fourth-order valence-electron chi connectivity index (χ4n) is 3.17. The van der Waals surface area contributed by atoms with Crippen LogP contribution in [0.4, 0.5) is 0 Å². The summed E-state index contributed by atoms with van der Waals surface area (Å²) in [6.45, 7) is 4.83. The Morgan fingerprint density at radius 3 is 2.50 bits per heavy atom. The number of carbonyl (C=O) groups is 1. The van der Waals surface area contributed by atoms with Crippen LogP contribution in [-0.2, 0) is 19.6 Å². The number of ether oxygens (including phenoxy) is 2. The van der Waals surface area contributed by atoms with Gasteiger partial charge in [0, 0.05) is 32.2 Å². The maximum atomic E-state index is 12.8. The summed E-state index contributed by atoms with van der Waals surface area (Å²) in [5.74, 6) is 0.453. The molecule has 1 aromatic rings. The molecule has 26 heavy (non-hydrogen) atoms. The first-order valence-electron chi connectivity index (χ1n) is 8.73. The van der Waals surface area contributed by atoms with E-state index >= 15 is 0 Å². The van der Waals surface area contributed by atoms with Crippen LogP contribution < -0.4 is 10.1 Å². The lowest BCUT2D eigenvalue weighted by Crippen LogP contribution is -2.45. The minimum atomic E-state index is -3.56. The van der Waals surface area contributed by atoms with Gasteiger partial charge >= 0.3 is 0 Å². The van der Waals surface area contributed by atoms with Crippen molar-refractivity contribution in [3.05, 3.63) is 23.8 Å². The molecule has 2 rings (SSSR count). The second kappa shape index (κ2) is 8.83. The number of nitrogens with one attached hydrogen (secondary N) is 1. The van der Waals surface area contributed by atoms with Crippen LogP contribution in [0.3, 0.4) is 0 Å². The Labute approximate surface area is 155 Å². The second-order valence-electron chi connectivity index (χ2n) is 6.67. The number of sulfonamides is 1. The smallest absolute Gasteiger partial charge is 0.243 e. The fraction of sp³-hybridized carbons (Fsp3) is 0.611. The number of amides is 1. The van der Waals surface area contributed by atoms with Crippen molar-refractivity contribution in [1.29, 1.82) is 0 Å². The van der Waals surface area contributed by atoms with Crippen molar-refractivity contribution >= 4 is 15.9 Å². The van der Waals surface area contributed by atoms with Crippen LogP contribution in [0, 0.1) is 12.8 Å². The summed E-state index contributed by atoms with van der Waals surface area (Å²) >= 11 is 0. The monoisotopic (exact) mass is 384 g/mol. The third-order valence-electron chi connectivity index (χ3n) is 4.63. The zero-order valence-electron chi connectivity index (χ0n) is 15.8.